The minimum atomic E-state index is -1.000. The molecule has 3 aromatic rings. The Bertz CT molecular complexity index is 1570. The molecule has 1 aliphatic heterocycles. The predicted octanol–water partition coefficient (Wildman–Crippen LogP) is 7.42. The Labute approximate surface area is 289 Å². The van der Waals surface area contributed by atoms with Crippen LogP contribution in [0.5, 0.6) is 0 Å². The van der Waals surface area contributed by atoms with Gasteiger partial charge in [0.05, 0.1) is 35.7 Å². The van der Waals surface area contributed by atoms with Crippen molar-refractivity contribution >= 4 is 42.2 Å². The van der Waals surface area contributed by atoms with E-state index in [1.807, 2.05) is 92.7 Å². The first-order valence-corrected chi connectivity index (χ1v) is 17.0. The van der Waals surface area contributed by atoms with Crippen LogP contribution >= 0.6 is 12.6 Å². The van der Waals surface area contributed by atoms with Crippen LogP contribution in [0.15, 0.2) is 78.9 Å². The minimum absolute atomic E-state index is 0.120. The number of thiol groups is 1. The van der Waals surface area contributed by atoms with Gasteiger partial charge < -0.3 is 24.6 Å². The molecule has 3 aromatic carbocycles. The molecule has 0 aromatic heterocycles. The van der Waals surface area contributed by atoms with Crippen LogP contribution in [0.2, 0.25) is 0 Å². The second-order valence-corrected chi connectivity index (χ2v) is 13.8. The number of carbonyl (C=O) groups excluding carboxylic acids is 4. The van der Waals surface area contributed by atoms with Gasteiger partial charge in [-0.15, -0.1) is 0 Å². The van der Waals surface area contributed by atoms with Gasteiger partial charge in [0.15, 0.2) is 0 Å². The van der Waals surface area contributed by atoms with Crippen LogP contribution in [0.1, 0.15) is 99.9 Å². The van der Waals surface area contributed by atoms with Crippen LogP contribution in [-0.2, 0) is 25.5 Å². The van der Waals surface area contributed by atoms with Crippen LogP contribution in [-0.4, -0.2) is 52.4 Å². The molecule has 48 heavy (non-hydrogen) atoms. The molecule has 0 aliphatic carbocycles. The van der Waals surface area contributed by atoms with E-state index >= 15 is 0 Å². The Hall–Kier alpha value is -4.31. The second-order valence-electron chi connectivity index (χ2n) is 13.2. The molecule has 3 unspecified atom stereocenters. The largest absolute Gasteiger partial charge is 0.466 e. The number of carbonyl (C=O) groups is 4. The van der Waals surface area contributed by atoms with Gasteiger partial charge in [0, 0.05) is 6.04 Å². The molecule has 256 valence electrons. The molecule has 0 radical (unpaired) electrons. The van der Waals surface area contributed by atoms with E-state index in [-0.39, 0.29) is 30.9 Å². The smallest absolute Gasteiger partial charge is 0.408 e. The zero-order valence-corrected chi connectivity index (χ0v) is 29.5. The Balaban J connectivity index is 1.75. The maximum absolute atomic E-state index is 15.0. The molecule has 10 heteroatoms. The van der Waals surface area contributed by atoms with Crippen molar-refractivity contribution in [1.82, 2.24) is 10.2 Å². The fraction of sp³-hybridized carbons (Fsp3) is 0.421. The summed E-state index contributed by atoms with van der Waals surface area (Å²) in [6, 6.07) is 22.1. The Kier molecular flexibility index (Phi) is 12.3. The van der Waals surface area contributed by atoms with Crippen molar-refractivity contribution in [2.24, 2.45) is 0 Å². The van der Waals surface area contributed by atoms with Gasteiger partial charge in [0.2, 0.25) is 0 Å². The molecule has 0 saturated heterocycles. The number of hydrogen-bond acceptors (Lipinski definition) is 7. The SMILES string of the molecule is CCOC(=O)CC(c1ccccc1)N1C(=O)c2cc(CCCC(S)NC(=O)OC(C)(C)C)ccc2N(C(C)C)C(=O)C1c1ccccc1. The van der Waals surface area contributed by atoms with Crippen LogP contribution < -0.4 is 10.2 Å². The zero-order chi connectivity index (χ0) is 35.0. The summed E-state index contributed by atoms with van der Waals surface area (Å²) in [5.74, 6) is -1.07. The minimum Gasteiger partial charge on any atom is -0.466 e. The monoisotopic (exact) mass is 673 g/mol. The normalized spacial score (nSPS) is 16.2. The molecule has 1 heterocycles. The molecule has 9 nitrogen and oxygen atoms in total. The van der Waals surface area contributed by atoms with Crippen LogP contribution in [0.4, 0.5) is 10.5 Å². The van der Waals surface area contributed by atoms with Crippen molar-refractivity contribution in [2.75, 3.05) is 11.5 Å². The average molecular weight is 674 g/mol. The van der Waals surface area contributed by atoms with Crippen LogP contribution in [0.25, 0.3) is 0 Å². The highest BCUT2D eigenvalue weighted by Crippen LogP contribution is 2.42. The number of hydrogen-bond donors (Lipinski definition) is 2. The first-order chi connectivity index (χ1) is 22.8. The van der Waals surface area contributed by atoms with Gasteiger partial charge in [-0.1, -0.05) is 66.7 Å². The first kappa shape index (κ1) is 36.5. The molecule has 1 aliphatic rings. The Morgan fingerprint density at radius 3 is 2.21 bits per heavy atom. The van der Waals surface area contributed by atoms with Gasteiger partial charge in [-0.05, 0) is 89.6 Å². The third-order valence-electron chi connectivity index (χ3n) is 7.98. The van der Waals surface area contributed by atoms with Gasteiger partial charge >= 0.3 is 12.1 Å². The number of anilines is 1. The quantitative estimate of drug-likeness (QED) is 0.118. The molecular formula is C38H47N3O6S. The molecule has 0 fully saturated rings. The number of nitrogens with zero attached hydrogens (tertiary/aromatic N) is 2. The summed E-state index contributed by atoms with van der Waals surface area (Å²) in [5, 5.41) is 2.34. The fourth-order valence-corrected chi connectivity index (χ4v) is 6.27. The highest BCUT2D eigenvalue weighted by Gasteiger charge is 2.45. The number of ether oxygens (including phenoxy) is 2. The van der Waals surface area contributed by atoms with E-state index in [0.717, 1.165) is 11.1 Å². The topological polar surface area (TPSA) is 105 Å². The molecule has 3 atom stereocenters. The van der Waals surface area contributed by atoms with Crippen molar-refractivity contribution in [2.45, 2.75) is 96.3 Å². The van der Waals surface area contributed by atoms with E-state index in [0.29, 0.717) is 36.1 Å². The lowest BCUT2D eigenvalue weighted by Gasteiger charge is -2.37. The van der Waals surface area contributed by atoms with Gasteiger partial charge in [-0.25, -0.2) is 4.79 Å². The van der Waals surface area contributed by atoms with E-state index < -0.39 is 35.1 Å². The van der Waals surface area contributed by atoms with E-state index in [4.69, 9.17) is 9.47 Å². The van der Waals surface area contributed by atoms with Gasteiger partial charge in [-0.2, -0.15) is 12.6 Å². The second kappa shape index (κ2) is 16.2. The highest BCUT2D eigenvalue weighted by atomic mass is 32.1. The number of aryl methyl sites for hydroxylation is 1. The zero-order valence-electron chi connectivity index (χ0n) is 28.6. The molecule has 3 amide bonds. The fourth-order valence-electron chi connectivity index (χ4n) is 5.98. The van der Waals surface area contributed by atoms with E-state index in [1.165, 1.54) is 0 Å². The first-order valence-electron chi connectivity index (χ1n) is 16.5. The maximum atomic E-state index is 15.0. The summed E-state index contributed by atoms with van der Waals surface area (Å²) in [7, 11) is 0. The highest BCUT2D eigenvalue weighted by molar-refractivity contribution is 7.80. The lowest BCUT2D eigenvalue weighted by molar-refractivity contribution is -0.145. The van der Waals surface area contributed by atoms with Crippen molar-refractivity contribution < 1.29 is 28.7 Å². The molecule has 0 saturated carbocycles. The van der Waals surface area contributed by atoms with Crippen molar-refractivity contribution in [3.63, 3.8) is 0 Å². The number of esters is 1. The summed E-state index contributed by atoms with van der Waals surface area (Å²) < 4.78 is 10.7. The third kappa shape index (κ3) is 9.18. The van der Waals surface area contributed by atoms with Crippen LogP contribution in [0, 0.1) is 0 Å². The number of fused-ring (bicyclic) bond motifs is 1. The van der Waals surface area contributed by atoms with E-state index in [2.05, 4.69) is 17.9 Å². The van der Waals surface area contributed by atoms with E-state index in [1.54, 1.807) is 37.5 Å². The van der Waals surface area contributed by atoms with Crippen molar-refractivity contribution in [3.05, 3.63) is 101 Å². The van der Waals surface area contributed by atoms with Gasteiger partial charge in [-0.3, -0.25) is 14.4 Å². The summed E-state index contributed by atoms with van der Waals surface area (Å²) in [6.45, 7) is 11.2. The number of alkyl carbamates (subject to hydrolysis) is 1. The average Bonchev–Trinajstić information content (AvgIpc) is 3.11. The van der Waals surface area contributed by atoms with Crippen molar-refractivity contribution in [1.29, 1.82) is 0 Å². The standard InChI is InChI=1S/C38H47N3O6S/c1-7-46-33(42)24-31(27-16-10-8-11-17-27)41-34(28-18-12-9-13-19-28)36(44)40(25(2)3)30-22-21-26(23-29(30)35(41)43)15-14-20-32(48)39-37(45)47-38(4,5)6/h8-13,16-19,21-23,25,31-32,34,48H,7,14-15,20,24H2,1-6H3,(H,39,45). The number of amides is 3. The number of rotatable bonds is 12. The Morgan fingerprint density at radius 2 is 1.60 bits per heavy atom. The number of benzene rings is 3. The molecule has 1 N–H and O–H groups in total. The summed E-state index contributed by atoms with van der Waals surface area (Å²) >= 11 is 4.52. The summed E-state index contributed by atoms with van der Waals surface area (Å²) in [6.07, 6.45) is 1.21. The molecule has 0 bridgehead atoms. The van der Waals surface area contributed by atoms with Gasteiger partial charge in [0.1, 0.15) is 11.6 Å². The summed E-state index contributed by atoms with van der Waals surface area (Å²) in [4.78, 5) is 58.2. The lowest BCUT2D eigenvalue weighted by atomic mass is 9.95. The Morgan fingerprint density at radius 1 is 0.958 bits per heavy atom. The third-order valence-corrected chi connectivity index (χ3v) is 8.37. The predicted molar refractivity (Wildman–Crippen MR) is 190 cm³/mol. The van der Waals surface area contributed by atoms with Crippen LogP contribution in [0.3, 0.4) is 0 Å². The number of nitrogens with one attached hydrogen (secondary N) is 1. The molecule has 4 rings (SSSR count). The van der Waals surface area contributed by atoms with Crippen molar-refractivity contribution in [3.8, 4) is 0 Å². The van der Waals surface area contributed by atoms with Gasteiger partial charge in [0.25, 0.3) is 11.8 Å². The molecular weight excluding hydrogens is 627 g/mol. The molecule has 0 spiro atoms. The maximum Gasteiger partial charge on any atom is 0.408 e. The lowest BCUT2D eigenvalue weighted by Crippen LogP contribution is -2.46. The summed E-state index contributed by atoms with van der Waals surface area (Å²) in [5.41, 5.74) is 2.56. The van der Waals surface area contributed by atoms with E-state index in [9.17, 15) is 19.2 Å².